The van der Waals surface area contributed by atoms with E-state index in [1.807, 2.05) is 0 Å². The second-order valence-electron chi connectivity index (χ2n) is 6.29. The third-order valence-electron chi connectivity index (χ3n) is 4.11. The molecule has 1 rings (SSSR count). The van der Waals surface area contributed by atoms with Crippen molar-refractivity contribution in [3.63, 3.8) is 0 Å². The molecule has 0 spiro atoms. The van der Waals surface area contributed by atoms with E-state index in [0.29, 0.717) is 12.0 Å². The highest BCUT2D eigenvalue weighted by molar-refractivity contribution is 5.77. The Labute approximate surface area is 125 Å². The second kappa shape index (κ2) is 10.0. The first-order valence-electron chi connectivity index (χ1n) is 8.35. The van der Waals surface area contributed by atoms with E-state index in [9.17, 15) is 0 Å². The summed E-state index contributed by atoms with van der Waals surface area (Å²) < 4.78 is 0. The number of nitrogens with zero attached hydrogens (tertiary/aromatic N) is 2. The summed E-state index contributed by atoms with van der Waals surface area (Å²) in [6.07, 6.45) is 10.6. The normalized spacial score (nSPS) is 17.5. The lowest BCUT2D eigenvalue weighted by molar-refractivity contribution is 0.271. The van der Waals surface area contributed by atoms with Crippen LogP contribution >= 0.6 is 0 Å². The van der Waals surface area contributed by atoms with Crippen LogP contribution in [-0.2, 0) is 0 Å². The molecule has 1 atom stereocenters. The van der Waals surface area contributed by atoms with Crippen LogP contribution in [0.5, 0.6) is 0 Å². The number of nitrogens with two attached hydrogens (primary N) is 1. The molecule has 118 valence electrons. The minimum Gasteiger partial charge on any atom is -0.370 e. The number of hydrogen-bond donors (Lipinski definition) is 2. The third kappa shape index (κ3) is 7.73. The molecule has 1 fully saturated rings. The first-order chi connectivity index (χ1) is 9.65. The molecule has 3 N–H and O–H groups in total. The van der Waals surface area contributed by atoms with E-state index >= 15 is 0 Å². The van der Waals surface area contributed by atoms with Crippen molar-refractivity contribution in [3.8, 4) is 0 Å². The Kier molecular flexibility index (Phi) is 8.67. The van der Waals surface area contributed by atoms with E-state index in [1.54, 1.807) is 0 Å². The molecule has 4 heteroatoms. The van der Waals surface area contributed by atoms with Gasteiger partial charge in [0.15, 0.2) is 5.96 Å². The highest BCUT2D eigenvalue weighted by atomic mass is 15.1. The van der Waals surface area contributed by atoms with Gasteiger partial charge in [-0.2, -0.15) is 0 Å². The average molecular weight is 282 g/mol. The van der Waals surface area contributed by atoms with Crippen LogP contribution in [0, 0.1) is 5.92 Å². The SMILES string of the molecule is CCCCCCCCNC(N)=NCC(C1CC1)N(C)C. The van der Waals surface area contributed by atoms with Gasteiger partial charge in [0.2, 0.25) is 0 Å². The summed E-state index contributed by atoms with van der Waals surface area (Å²) in [6.45, 7) is 4.03. The predicted octanol–water partition coefficient (Wildman–Crippen LogP) is 2.59. The standard InChI is InChI=1S/C16H34N4/c1-4-5-6-7-8-9-12-18-16(17)19-13-15(20(2)3)14-10-11-14/h14-15H,4-13H2,1-3H3,(H3,17,18,19). The predicted molar refractivity (Wildman–Crippen MR) is 88.1 cm³/mol. The first kappa shape index (κ1) is 17.3. The minimum atomic E-state index is 0.560. The van der Waals surface area contributed by atoms with Crippen molar-refractivity contribution < 1.29 is 0 Å². The molecular formula is C16H34N4. The Balaban J connectivity index is 2.05. The molecule has 0 radical (unpaired) electrons. The maximum atomic E-state index is 5.93. The van der Waals surface area contributed by atoms with E-state index in [2.05, 4.69) is 36.2 Å². The van der Waals surface area contributed by atoms with Crippen molar-refractivity contribution in [2.75, 3.05) is 27.2 Å². The van der Waals surface area contributed by atoms with Gasteiger partial charge >= 0.3 is 0 Å². The lowest BCUT2D eigenvalue weighted by Crippen LogP contribution is -2.37. The van der Waals surface area contributed by atoms with E-state index in [4.69, 9.17) is 5.73 Å². The first-order valence-corrected chi connectivity index (χ1v) is 8.35. The van der Waals surface area contributed by atoms with Crippen LogP contribution in [0.2, 0.25) is 0 Å². The zero-order valence-electron chi connectivity index (χ0n) is 13.7. The molecule has 0 aliphatic heterocycles. The molecular weight excluding hydrogens is 248 g/mol. The molecule has 1 aliphatic rings. The van der Waals surface area contributed by atoms with Crippen LogP contribution in [0.15, 0.2) is 4.99 Å². The fourth-order valence-electron chi connectivity index (χ4n) is 2.58. The van der Waals surface area contributed by atoms with Gasteiger partial charge in [-0.1, -0.05) is 39.0 Å². The van der Waals surface area contributed by atoms with Crippen molar-refractivity contribution in [2.45, 2.75) is 64.3 Å². The molecule has 1 aliphatic carbocycles. The Morgan fingerprint density at radius 2 is 1.85 bits per heavy atom. The van der Waals surface area contributed by atoms with E-state index in [1.165, 1.54) is 51.4 Å². The largest absolute Gasteiger partial charge is 0.370 e. The van der Waals surface area contributed by atoms with Crippen LogP contribution in [0.25, 0.3) is 0 Å². The van der Waals surface area contributed by atoms with Crippen molar-refractivity contribution >= 4 is 5.96 Å². The van der Waals surface area contributed by atoms with Gasteiger partial charge < -0.3 is 16.0 Å². The second-order valence-corrected chi connectivity index (χ2v) is 6.29. The van der Waals surface area contributed by atoms with Crippen molar-refractivity contribution in [1.82, 2.24) is 10.2 Å². The topological polar surface area (TPSA) is 53.6 Å². The van der Waals surface area contributed by atoms with Gasteiger partial charge in [-0.15, -0.1) is 0 Å². The number of guanidine groups is 1. The average Bonchev–Trinajstić information content (AvgIpc) is 3.22. The summed E-state index contributed by atoms with van der Waals surface area (Å²) in [4.78, 5) is 6.78. The Hall–Kier alpha value is -0.770. The van der Waals surface area contributed by atoms with Crippen LogP contribution < -0.4 is 11.1 Å². The van der Waals surface area contributed by atoms with Gasteiger partial charge in [-0.3, -0.25) is 4.99 Å². The maximum absolute atomic E-state index is 5.93. The van der Waals surface area contributed by atoms with Crippen LogP contribution in [0.1, 0.15) is 58.3 Å². The molecule has 0 heterocycles. The Morgan fingerprint density at radius 1 is 1.20 bits per heavy atom. The molecule has 0 aromatic rings. The Bertz CT molecular complexity index is 270. The number of likely N-dealkylation sites (N-methyl/N-ethyl adjacent to an activating group) is 1. The smallest absolute Gasteiger partial charge is 0.188 e. The summed E-state index contributed by atoms with van der Waals surface area (Å²) in [5.41, 5.74) is 5.93. The van der Waals surface area contributed by atoms with E-state index in [0.717, 1.165) is 19.0 Å². The van der Waals surface area contributed by atoms with E-state index in [-0.39, 0.29) is 0 Å². The maximum Gasteiger partial charge on any atom is 0.188 e. The third-order valence-corrected chi connectivity index (χ3v) is 4.11. The molecule has 0 saturated heterocycles. The zero-order valence-corrected chi connectivity index (χ0v) is 13.7. The van der Waals surface area contributed by atoms with Crippen LogP contribution in [0.3, 0.4) is 0 Å². The highest BCUT2D eigenvalue weighted by Gasteiger charge is 2.32. The summed E-state index contributed by atoms with van der Waals surface area (Å²) in [5, 5.41) is 3.24. The summed E-state index contributed by atoms with van der Waals surface area (Å²) in [6, 6.07) is 0.560. The molecule has 4 nitrogen and oxygen atoms in total. The molecule has 20 heavy (non-hydrogen) atoms. The number of hydrogen-bond acceptors (Lipinski definition) is 2. The van der Waals surface area contributed by atoms with E-state index < -0.39 is 0 Å². The van der Waals surface area contributed by atoms with Gasteiger partial charge in [-0.05, 0) is 39.3 Å². The lowest BCUT2D eigenvalue weighted by Gasteiger charge is -2.22. The fourth-order valence-corrected chi connectivity index (χ4v) is 2.58. The minimum absolute atomic E-state index is 0.560. The van der Waals surface area contributed by atoms with Crippen molar-refractivity contribution in [3.05, 3.63) is 0 Å². The van der Waals surface area contributed by atoms with Crippen LogP contribution in [0.4, 0.5) is 0 Å². The van der Waals surface area contributed by atoms with Gasteiger partial charge in [0.25, 0.3) is 0 Å². The van der Waals surface area contributed by atoms with Gasteiger partial charge in [-0.25, -0.2) is 0 Å². The number of unbranched alkanes of at least 4 members (excludes halogenated alkanes) is 5. The number of aliphatic imine (C=N–C) groups is 1. The van der Waals surface area contributed by atoms with Crippen molar-refractivity contribution in [1.29, 1.82) is 0 Å². The van der Waals surface area contributed by atoms with Gasteiger partial charge in [0.1, 0.15) is 0 Å². The van der Waals surface area contributed by atoms with Crippen molar-refractivity contribution in [2.24, 2.45) is 16.6 Å². The summed E-state index contributed by atoms with van der Waals surface area (Å²) in [5.74, 6) is 1.45. The highest BCUT2D eigenvalue weighted by Crippen LogP contribution is 2.34. The molecule has 0 aromatic carbocycles. The molecule has 0 aromatic heterocycles. The quantitative estimate of drug-likeness (QED) is 0.348. The lowest BCUT2D eigenvalue weighted by atomic mass is 10.1. The Morgan fingerprint density at radius 3 is 2.45 bits per heavy atom. The zero-order chi connectivity index (χ0) is 14.8. The number of rotatable bonds is 11. The van der Waals surface area contributed by atoms with Crippen LogP contribution in [-0.4, -0.2) is 44.1 Å². The fraction of sp³-hybridized carbons (Fsp3) is 0.938. The number of nitrogens with one attached hydrogen (secondary N) is 1. The summed E-state index contributed by atoms with van der Waals surface area (Å²) >= 11 is 0. The molecule has 0 bridgehead atoms. The molecule has 1 unspecified atom stereocenters. The monoisotopic (exact) mass is 282 g/mol. The van der Waals surface area contributed by atoms with Gasteiger partial charge in [0, 0.05) is 12.6 Å². The summed E-state index contributed by atoms with van der Waals surface area (Å²) in [7, 11) is 4.27. The molecule has 0 amide bonds. The molecule has 1 saturated carbocycles. The van der Waals surface area contributed by atoms with Gasteiger partial charge in [0.05, 0.1) is 6.54 Å².